The highest BCUT2D eigenvalue weighted by molar-refractivity contribution is 7.99. The van der Waals surface area contributed by atoms with Crippen LogP contribution in [0, 0.1) is 6.92 Å². The Bertz CT molecular complexity index is 893. The van der Waals surface area contributed by atoms with Crippen molar-refractivity contribution < 1.29 is 13.9 Å². The zero-order chi connectivity index (χ0) is 19.1. The maximum absolute atomic E-state index is 12.0. The Kier molecular flexibility index (Phi) is 6.49. The molecule has 27 heavy (non-hydrogen) atoms. The van der Waals surface area contributed by atoms with Gasteiger partial charge in [-0.25, -0.2) is 0 Å². The molecule has 0 aliphatic heterocycles. The van der Waals surface area contributed by atoms with Crippen LogP contribution in [-0.4, -0.2) is 28.5 Å². The van der Waals surface area contributed by atoms with Gasteiger partial charge in [-0.2, -0.15) is 0 Å². The number of anilines is 1. The molecule has 0 unspecified atom stereocenters. The Morgan fingerprint density at radius 1 is 1.19 bits per heavy atom. The van der Waals surface area contributed by atoms with Gasteiger partial charge in [0.05, 0.1) is 6.42 Å². The molecule has 0 spiro atoms. The molecule has 140 valence electrons. The first-order valence-electron chi connectivity index (χ1n) is 8.66. The predicted molar refractivity (Wildman–Crippen MR) is 105 cm³/mol. The zero-order valence-corrected chi connectivity index (χ0v) is 16.1. The highest BCUT2D eigenvalue weighted by atomic mass is 32.2. The highest BCUT2D eigenvalue weighted by Crippen LogP contribution is 2.19. The number of carbonyl (C=O) groups excluding carboxylic acids is 1. The largest absolute Gasteiger partial charge is 0.484 e. The molecule has 0 aliphatic rings. The Morgan fingerprint density at radius 3 is 2.74 bits per heavy atom. The van der Waals surface area contributed by atoms with Gasteiger partial charge in [0.25, 0.3) is 5.91 Å². The minimum absolute atomic E-state index is 0.0704. The van der Waals surface area contributed by atoms with Gasteiger partial charge in [-0.3, -0.25) is 10.1 Å². The van der Waals surface area contributed by atoms with Crippen molar-refractivity contribution in [2.24, 2.45) is 0 Å². The lowest BCUT2D eigenvalue weighted by Gasteiger charge is -2.05. The molecule has 1 heterocycles. The van der Waals surface area contributed by atoms with Crippen LogP contribution in [0.25, 0.3) is 0 Å². The van der Waals surface area contributed by atoms with E-state index in [1.165, 1.54) is 4.90 Å². The van der Waals surface area contributed by atoms with E-state index in [0.29, 0.717) is 18.1 Å². The number of rotatable bonds is 8. The van der Waals surface area contributed by atoms with Crippen LogP contribution >= 0.6 is 11.8 Å². The van der Waals surface area contributed by atoms with Gasteiger partial charge < -0.3 is 9.15 Å². The molecule has 0 bridgehead atoms. The quantitative estimate of drug-likeness (QED) is 0.590. The van der Waals surface area contributed by atoms with Crippen molar-refractivity contribution in [2.45, 2.75) is 25.2 Å². The van der Waals surface area contributed by atoms with E-state index in [1.807, 2.05) is 37.3 Å². The first-order chi connectivity index (χ1) is 13.1. The normalized spacial score (nSPS) is 10.6. The third kappa shape index (κ3) is 5.86. The number of nitrogens with one attached hydrogen (secondary N) is 1. The van der Waals surface area contributed by atoms with Crippen LogP contribution in [0.2, 0.25) is 0 Å². The van der Waals surface area contributed by atoms with Crippen LogP contribution in [0.3, 0.4) is 0 Å². The fraction of sp³-hybridized carbons (Fsp3) is 0.250. The molecule has 0 fully saturated rings. The standard InChI is InChI=1S/C20H21N3O3S/c1-3-27-17-9-7-15(8-10-17)12-19-22-23-20(26-19)21-18(24)13-25-16-6-4-5-14(2)11-16/h4-11H,3,12-13H2,1-2H3,(H,21,23,24). The van der Waals surface area contributed by atoms with Crippen molar-refractivity contribution in [3.8, 4) is 5.75 Å². The highest BCUT2D eigenvalue weighted by Gasteiger charge is 2.11. The van der Waals surface area contributed by atoms with Crippen molar-refractivity contribution in [3.63, 3.8) is 0 Å². The Balaban J connectivity index is 1.50. The average molecular weight is 383 g/mol. The number of aromatic nitrogens is 2. The summed E-state index contributed by atoms with van der Waals surface area (Å²) < 4.78 is 10.9. The zero-order valence-electron chi connectivity index (χ0n) is 15.3. The number of amides is 1. The smallest absolute Gasteiger partial charge is 0.322 e. The maximum atomic E-state index is 12.0. The number of carbonyl (C=O) groups is 1. The number of aryl methyl sites for hydroxylation is 1. The minimum atomic E-state index is -0.354. The number of ether oxygens (including phenoxy) is 1. The number of hydrogen-bond donors (Lipinski definition) is 1. The monoisotopic (exact) mass is 383 g/mol. The topological polar surface area (TPSA) is 77.2 Å². The molecule has 3 rings (SSSR count). The summed E-state index contributed by atoms with van der Waals surface area (Å²) in [4.78, 5) is 13.2. The SMILES string of the molecule is CCSc1ccc(Cc2nnc(NC(=O)COc3cccc(C)c3)o2)cc1. The molecule has 1 amide bonds. The summed E-state index contributed by atoms with van der Waals surface area (Å²) in [6.45, 7) is 3.96. The molecule has 0 aliphatic carbocycles. The summed E-state index contributed by atoms with van der Waals surface area (Å²) in [6.07, 6.45) is 0.514. The first-order valence-corrected chi connectivity index (χ1v) is 9.64. The molecule has 0 saturated heterocycles. The fourth-order valence-electron chi connectivity index (χ4n) is 2.43. The molecule has 3 aromatic rings. The molecule has 0 saturated carbocycles. The second-order valence-electron chi connectivity index (χ2n) is 5.91. The summed E-state index contributed by atoms with van der Waals surface area (Å²) in [5.74, 6) is 1.77. The summed E-state index contributed by atoms with van der Waals surface area (Å²) in [5, 5.41) is 10.4. The molecule has 2 aromatic carbocycles. The van der Waals surface area contributed by atoms with Gasteiger partial charge >= 0.3 is 6.01 Å². The average Bonchev–Trinajstić information content (AvgIpc) is 3.09. The Hall–Kier alpha value is -2.80. The van der Waals surface area contributed by atoms with Gasteiger partial charge in [0.15, 0.2) is 6.61 Å². The van der Waals surface area contributed by atoms with Crippen LogP contribution in [0.15, 0.2) is 57.8 Å². The van der Waals surface area contributed by atoms with E-state index >= 15 is 0 Å². The van der Waals surface area contributed by atoms with Crippen LogP contribution in [-0.2, 0) is 11.2 Å². The first kappa shape index (κ1) is 19.0. The van der Waals surface area contributed by atoms with Gasteiger partial charge in [-0.05, 0) is 48.1 Å². The van der Waals surface area contributed by atoms with E-state index in [9.17, 15) is 4.79 Å². The molecule has 1 aromatic heterocycles. The third-order valence-corrected chi connectivity index (χ3v) is 4.56. The van der Waals surface area contributed by atoms with Crippen molar-refractivity contribution in [1.82, 2.24) is 10.2 Å². The Morgan fingerprint density at radius 2 is 2.00 bits per heavy atom. The summed E-state index contributed by atoms with van der Waals surface area (Å²) in [5.41, 5.74) is 2.13. The van der Waals surface area contributed by atoms with E-state index in [2.05, 4.69) is 34.6 Å². The van der Waals surface area contributed by atoms with E-state index in [-0.39, 0.29) is 18.5 Å². The summed E-state index contributed by atoms with van der Waals surface area (Å²) in [6, 6.07) is 15.8. The fourth-order valence-corrected chi connectivity index (χ4v) is 3.09. The van der Waals surface area contributed by atoms with Crippen molar-refractivity contribution in [2.75, 3.05) is 17.7 Å². The van der Waals surface area contributed by atoms with Crippen LogP contribution in [0.4, 0.5) is 6.01 Å². The van der Waals surface area contributed by atoms with Gasteiger partial charge in [0, 0.05) is 4.90 Å². The molecule has 1 N–H and O–H groups in total. The molecule has 6 nitrogen and oxygen atoms in total. The van der Waals surface area contributed by atoms with Gasteiger partial charge in [-0.1, -0.05) is 36.3 Å². The molecule has 0 radical (unpaired) electrons. The lowest BCUT2D eigenvalue weighted by atomic mass is 10.1. The van der Waals surface area contributed by atoms with E-state index < -0.39 is 0 Å². The van der Waals surface area contributed by atoms with Crippen LogP contribution < -0.4 is 10.1 Å². The Labute approximate surface area is 162 Å². The number of benzene rings is 2. The van der Waals surface area contributed by atoms with Crippen molar-refractivity contribution in [1.29, 1.82) is 0 Å². The molecular formula is C20H21N3O3S. The van der Waals surface area contributed by atoms with Crippen LogP contribution in [0.5, 0.6) is 5.75 Å². The third-order valence-electron chi connectivity index (χ3n) is 3.66. The van der Waals surface area contributed by atoms with Gasteiger partial charge in [-0.15, -0.1) is 16.9 Å². The second kappa shape index (κ2) is 9.23. The number of thioether (sulfide) groups is 1. The maximum Gasteiger partial charge on any atom is 0.322 e. The second-order valence-corrected chi connectivity index (χ2v) is 7.25. The van der Waals surface area contributed by atoms with Gasteiger partial charge in [0.1, 0.15) is 5.75 Å². The predicted octanol–water partition coefficient (Wildman–Crippen LogP) is 4.10. The number of hydrogen-bond acceptors (Lipinski definition) is 6. The van der Waals surface area contributed by atoms with Crippen LogP contribution in [0.1, 0.15) is 23.9 Å². The lowest BCUT2D eigenvalue weighted by molar-refractivity contribution is -0.118. The summed E-state index contributed by atoms with van der Waals surface area (Å²) >= 11 is 1.79. The summed E-state index contributed by atoms with van der Waals surface area (Å²) in [7, 11) is 0. The van der Waals surface area contributed by atoms with Gasteiger partial charge in [0.2, 0.25) is 5.89 Å². The minimum Gasteiger partial charge on any atom is -0.484 e. The van der Waals surface area contributed by atoms with Crippen molar-refractivity contribution >= 4 is 23.7 Å². The van der Waals surface area contributed by atoms with E-state index in [1.54, 1.807) is 17.8 Å². The molecule has 7 heteroatoms. The molecular weight excluding hydrogens is 362 g/mol. The van der Waals surface area contributed by atoms with E-state index in [0.717, 1.165) is 16.9 Å². The van der Waals surface area contributed by atoms with Crippen molar-refractivity contribution in [3.05, 3.63) is 65.5 Å². The molecule has 0 atom stereocenters. The van der Waals surface area contributed by atoms with E-state index in [4.69, 9.17) is 9.15 Å². The lowest BCUT2D eigenvalue weighted by Crippen LogP contribution is -2.20. The number of nitrogens with zero attached hydrogens (tertiary/aromatic N) is 2.